The fraction of sp³-hybridized carbons (Fsp3) is 0.250. The average Bonchev–Trinajstić information content (AvgIpc) is 2.88. The predicted molar refractivity (Wildman–Crippen MR) is 95.8 cm³/mol. The summed E-state index contributed by atoms with van der Waals surface area (Å²) < 4.78 is 0. The smallest absolute Gasteiger partial charge is 0.224 e. The molecule has 1 aromatic heterocycles. The number of carbonyl (C=O) groups is 1. The Morgan fingerprint density at radius 1 is 1.09 bits per heavy atom. The van der Waals surface area contributed by atoms with Crippen LogP contribution in [-0.4, -0.2) is 10.9 Å². The quantitative estimate of drug-likeness (QED) is 0.698. The molecular weight excluding hydrogens is 284 g/mol. The summed E-state index contributed by atoms with van der Waals surface area (Å²) in [4.78, 5) is 15.5. The zero-order chi connectivity index (χ0) is 16.2. The summed E-state index contributed by atoms with van der Waals surface area (Å²) in [6.07, 6.45) is 2.17. The second-order valence-electron chi connectivity index (χ2n) is 5.98. The van der Waals surface area contributed by atoms with E-state index in [2.05, 4.69) is 41.5 Å². The predicted octanol–water partition coefficient (Wildman–Crippen LogP) is 4.81. The largest absolute Gasteiger partial charge is 0.356 e. The van der Waals surface area contributed by atoms with Crippen molar-refractivity contribution in [1.29, 1.82) is 0 Å². The van der Waals surface area contributed by atoms with Gasteiger partial charge in [-0.15, -0.1) is 0 Å². The molecule has 3 heteroatoms. The van der Waals surface area contributed by atoms with Gasteiger partial charge in [0, 0.05) is 29.4 Å². The van der Waals surface area contributed by atoms with Crippen molar-refractivity contribution < 1.29 is 4.79 Å². The van der Waals surface area contributed by atoms with Gasteiger partial charge in [0.1, 0.15) is 0 Å². The molecule has 0 spiro atoms. The number of anilines is 1. The minimum atomic E-state index is 0.0717. The third-order valence-electron chi connectivity index (χ3n) is 4.03. The van der Waals surface area contributed by atoms with Gasteiger partial charge < -0.3 is 10.3 Å². The highest BCUT2D eigenvalue weighted by Crippen LogP contribution is 2.29. The summed E-state index contributed by atoms with van der Waals surface area (Å²) in [6.45, 7) is 4.10. The summed E-state index contributed by atoms with van der Waals surface area (Å²) in [7, 11) is 0. The molecule has 0 radical (unpaired) electrons. The number of hydrogen-bond donors (Lipinski definition) is 2. The van der Waals surface area contributed by atoms with Gasteiger partial charge in [-0.05, 0) is 25.0 Å². The van der Waals surface area contributed by atoms with Crippen molar-refractivity contribution in [3.05, 3.63) is 65.4 Å². The van der Waals surface area contributed by atoms with Crippen LogP contribution in [0.4, 0.5) is 5.69 Å². The number of para-hydroxylation sites is 1. The Hall–Kier alpha value is -2.55. The molecule has 0 aliphatic carbocycles. The van der Waals surface area contributed by atoms with Crippen LogP contribution in [0.5, 0.6) is 0 Å². The fourth-order valence-corrected chi connectivity index (χ4v) is 2.81. The van der Waals surface area contributed by atoms with Crippen molar-refractivity contribution in [2.24, 2.45) is 0 Å². The van der Waals surface area contributed by atoms with Gasteiger partial charge in [0.05, 0.1) is 5.69 Å². The van der Waals surface area contributed by atoms with Gasteiger partial charge >= 0.3 is 0 Å². The normalized spacial score (nSPS) is 10.9. The van der Waals surface area contributed by atoms with E-state index in [9.17, 15) is 4.79 Å². The van der Waals surface area contributed by atoms with Gasteiger partial charge in [0.2, 0.25) is 5.91 Å². The van der Waals surface area contributed by atoms with Gasteiger partial charge in [0.25, 0.3) is 0 Å². The Bertz CT molecular complexity index is 815. The van der Waals surface area contributed by atoms with E-state index in [-0.39, 0.29) is 5.91 Å². The Labute approximate surface area is 136 Å². The average molecular weight is 306 g/mol. The van der Waals surface area contributed by atoms with Crippen LogP contribution in [0, 0.1) is 6.92 Å². The number of benzene rings is 2. The summed E-state index contributed by atoms with van der Waals surface area (Å²) in [6, 6.07) is 16.6. The van der Waals surface area contributed by atoms with Crippen LogP contribution in [0.1, 0.15) is 36.6 Å². The molecule has 0 saturated heterocycles. The van der Waals surface area contributed by atoms with Gasteiger partial charge in [-0.1, -0.05) is 55.0 Å². The number of aromatic amines is 1. The van der Waals surface area contributed by atoms with Gasteiger partial charge in [0.15, 0.2) is 0 Å². The van der Waals surface area contributed by atoms with Gasteiger partial charge in [-0.25, -0.2) is 0 Å². The molecule has 0 saturated carbocycles. The van der Waals surface area contributed by atoms with Crippen LogP contribution in [0.25, 0.3) is 10.9 Å². The first-order valence-corrected chi connectivity index (χ1v) is 8.12. The molecule has 3 nitrogen and oxygen atoms in total. The first kappa shape index (κ1) is 15.3. The van der Waals surface area contributed by atoms with E-state index in [0.29, 0.717) is 6.42 Å². The standard InChI is InChI=1S/C20H22N2O/c1-3-6-19(23)22-20-16-7-4-5-8-17(16)21-18(20)13-15-11-9-14(2)10-12-15/h4-5,7-12,21H,3,6,13H2,1-2H3,(H,22,23). The van der Waals surface area contributed by atoms with Crippen LogP contribution in [-0.2, 0) is 11.2 Å². The van der Waals surface area contributed by atoms with Crippen molar-refractivity contribution in [3.63, 3.8) is 0 Å². The molecule has 2 aromatic carbocycles. The van der Waals surface area contributed by atoms with Crippen molar-refractivity contribution in [2.75, 3.05) is 5.32 Å². The number of H-pyrrole nitrogens is 1. The van der Waals surface area contributed by atoms with E-state index in [1.54, 1.807) is 0 Å². The van der Waals surface area contributed by atoms with E-state index in [4.69, 9.17) is 0 Å². The fourth-order valence-electron chi connectivity index (χ4n) is 2.81. The summed E-state index contributed by atoms with van der Waals surface area (Å²) in [5.41, 5.74) is 5.51. The maximum atomic E-state index is 12.1. The minimum absolute atomic E-state index is 0.0717. The first-order chi connectivity index (χ1) is 11.2. The third kappa shape index (κ3) is 3.45. The zero-order valence-corrected chi connectivity index (χ0v) is 13.6. The molecule has 0 atom stereocenters. The highest BCUT2D eigenvalue weighted by molar-refractivity contribution is 6.03. The van der Waals surface area contributed by atoms with Crippen molar-refractivity contribution in [1.82, 2.24) is 4.98 Å². The first-order valence-electron chi connectivity index (χ1n) is 8.12. The molecule has 0 bridgehead atoms. The second kappa shape index (κ2) is 6.69. The lowest BCUT2D eigenvalue weighted by Crippen LogP contribution is -2.11. The van der Waals surface area contributed by atoms with Gasteiger partial charge in [-0.3, -0.25) is 4.79 Å². The number of rotatable bonds is 5. The number of fused-ring (bicyclic) bond motifs is 1. The van der Waals surface area contributed by atoms with Crippen LogP contribution in [0.2, 0.25) is 0 Å². The highest BCUT2D eigenvalue weighted by Gasteiger charge is 2.14. The lowest BCUT2D eigenvalue weighted by molar-refractivity contribution is -0.116. The Balaban J connectivity index is 1.97. The summed E-state index contributed by atoms with van der Waals surface area (Å²) in [5.74, 6) is 0.0717. The molecule has 1 heterocycles. The van der Waals surface area contributed by atoms with E-state index < -0.39 is 0 Å². The lowest BCUT2D eigenvalue weighted by Gasteiger charge is -2.08. The van der Waals surface area contributed by atoms with Gasteiger partial charge in [-0.2, -0.15) is 0 Å². The second-order valence-corrected chi connectivity index (χ2v) is 5.98. The topological polar surface area (TPSA) is 44.9 Å². The number of hydrogen-bond acceptors (Lipinski definition) is 1. The van der Waals surface area contributed by atoms with Crippen LogP contribution in [0.15, 0.2) is 48.5 Å². The monoisotopic (exact) mass is 306 g/mol. The Morgan fingerprint density at radius 2 is 1.83 bits per heavy atom. The highest BCUT2D eigenvalue weighted by atomic mass is 16.1. The zero-order valence-electron chi connectivity index (χ0n) is 13.6. The molecule has 118 valence electrons. The Morgan fingerprint density at radius 3 is 2.57 bits per heavy atom. The van der Waals surface area contributed by atoms with E-state index in [1.807, 2.05) is 31.2 Å². The number of aryl methyl sites for hydroxylation is 1. The minimum Gasteiger partial charge on any atom is -0.356 e. The summed E-state index contributed by atoms with van der Waals surface area (Å²) in [5, 5.41) is 4.16. The molecular formula is C20H22N2O. The molecule has 23 heavy (non-hydrogen) atoms. The molecule has 1 amide bonds. The number of carbonyl (C=O) groups excluding carboxylic acids is 1. The molecule has 0 unspecified atom stereocenters. The maximum Gasteiger partial charge on any atom is 0.224 e. The molecule has 0 fully saturated rings. The number of nitrogens with one attached hydrogen (secondary N) is 2. The van der Waals surface area contributed by atoms with E-state index >= 15 is 0 Å². The SMILES string of the molecule is CCCC(=O)Nc1c(Cc2ccc(C)cc2)[nH]c2ccccc12. The maximum absolute atomic E-state index is 12.1. The van der Waals surface area contributed by atoms with E-state index in [0.717, 1.165) is 35.1 Å². The molecule has 2 N–H and O–H groups in total. The number of aromatic nitrogens is 1. The molecule has 0 aliphatic heterocycles. The number of amides is 1. The molecule has 3 aromatic rings. The van der Waals surface area contributed by atoms with Crippen molar-refractivity contribution in [3.8, 4) is 0 Å². The Kier molecular flexibility index (Phi) is 4.47. The van der Waals surface area contributed by atoms with E-state index in [1.165, 1.54) is 11.1 Å². The van der Waals surface area contributed by atoms with Crippen molar-refractivity contribution >= 4 is 22.5 Å². The third-order valence-corrected chi connectivity index (χ3v) is 4.03. The van der Waals surface area contributed by atoms with Crippen LogP contribution in [0.3, 0.4) is 0 Å². The van der Waals surface area contributed by atoms with Crippen molar-refractivity contribution in [2.45, 2.75) is 33.1 Å². The van der Waals surface area contributed by atoms with Crippen LogP contribution < -0.4 is 5.32 Å². The molecule has 3 rings (SSSR count). The lowest BCUT2D eigenvalue weighted by atomic mass is 10.1. The van der Waals surface area contributed by atoms with Crippen LogP contribution >= 0.6 is 0 Å². The summed E-state index contributed by atoms with van der Waals surface area (Å²) >= 11 is 0. The molecule has 0 aliphatic rings.